The van der Waals surface area contributed by atoms with E-state index in [1.54, 1.807) is 36.4 Å². The van der Waals surface area contributed by atoms with E-state index in [1.165, 1.54) is 12.1 Å². The molecular formula is C16H9N3O3. The molecule has 1 aromatic heterocycles. The van der Waals surface area contributed by atoms with E-state index in [1.807, 2.05) is 6.07 Å². The zero-order valence-corrected chi connectivity index (χ0v) is 11.2. The lowest BCUT2D eigenvalue weighted by Crippen LogP contribution is -1.96. The molecule has 6 heteroatoms. The highest BCUT2D eigenvalue weighted by Gasteiger charge is 2.12. The summed E-state index contributed by atoms with van der Waals surface area (Å²) in [5.41, 5.74) is 1.94. The van der Waals surface area contributed by atoms with Crippen LogP contribution in [0.2, 0.25) is 0 Å². The molecule has 0 atom stereocenters. The zero-order chi connectivity index (χ0) is 15.5. The van der Waals surface area contributed by atoms with Crippen molar-refractivity contribution in [2.24, 2.45) is 0 Å². The van der Waals surface area contributed by atoms with Crippen molar-refractivity contribution in [3.8, 4) is 28.9 Å². The second-order valence-electron chi connectivity index (χ2n) is 4.50. The summed E-state index contributed by atoms with van der Waals surface area (Å²) in [4.78, 5) is 15.2. The van der Waals surface area contributed by atoms with Crippen LogP contribution in [0.15, 0.2) is 53.1 Å². The second-order valence-corrected chi connectivity index (χ2v) is 4.50. The average Bonchev–Trinajstić information content (AvgIpc) is 3.05. The maximum Gasteiger partial charge on any atom is 0.335 e. The van der Waals surface area contributed by atoms with E-state index in [4.69, 9.17) is 14.9 Å². The lowest BCUT2D eigenvalue weighted by Gasteiger charge is -1.97. The number of aromatic carboxylic acids is 1. The third-order valence-electron chi connectivity index (χ3n) is 3.05. The van der Waals surface area contributed by atoms with Crippen LogP contribution in [0, 0.1) is 11.3 Å². The van der Waals surface area contributed by atoms with Crippen molar-refractivity contribution < 1.29 is 14.4 Å². The zero-order valence-electron chi connectivity index (χ0n) is 11.2. The van der Waals surface area contributed by atoms with Gasteiger partial charge in [0.2, 0.25) is 5.82 Å². The third-order valence-corrected chi connectivity index (χ3v) is 3.05. The molecule has 0 fully saturated rings. The fraction of sp³-hybridized carbons (Fsp3) is 0. The van der Waals surface area contributed by atoms with Gasteiger partial charge in [-0.15, -0.1) is 0 Å². The van der Waals surface area contributed by atoms with Crippen LogP contribution < -0.4 is 0 Å². The van der Waals surface area contributed by atoms with Crippen LogP contribution in [-0.2, 0) is 0 Å². The van der Waals surface area contributed by atoms with Crippen LogP contribution in [0.3, 0.4) is 0 Å². The predicted molar refractivity (Wildman–Crippen MR) is 76.8 cm³/mol. The number of nitrogens with zero attached hydrogens (tertiary/aromatic N) is 3. The summed E-state index contributed by atoms with van der Waals surface area (Å²) in [6.07, 6.45) is 0. The van der Waals surface area contributed by atoms with Gasteiger partial charge in [0, 0.05) is 11.1 Å². The molecule has 0 unspecified atom stereocenters. The molecule has 1 N–H and O–H groups in total. The molecule has 0 bridgehead atoms. The van der Waals surface area contributed by atoms with Gasteiger partial charge in [0.25, 0.3) is 5.89 Å². The predicted octanol–water partition coefficient (Wildman–Crippen LogP) is 2.97. The molecule has 0 aliphatic rings. The fourth-order valence-corrected chi connectivity index (χ4v) is 1.94. The van der Waals surface area contributed by atoms with Gasteiger partial charge in [-0.1, -0.05) is 17.3 Å². The molecule has 1 heterocycles. The number of aromatic nitrogens is 2. The van der Waals surface area contributed by atoms with Crippen molar-refractivity contribution in [2.75, 3.05) is 0 Å². The van der Waals surface area contributed by atoms with Gasteiger partial charge >= 0.3 is 5.97 Å². The highest BCUT2D eigenvalue weighted by atomic mass is 16.5. The molecule has 0 saturated carbocycles. The maximum absolute atomic E-state index is 11.0. The minimum atomic E-state index is -1.02. The largest absolute Gasteiger partial charge is 0.478 e. The van der Waals surface area contributed by atoms with E-state index in [0.717, 1.165) is 0 Å². The maximum atomic E-state index is 11.0. The first-order valence-electron chi connectivity index (χ1n) is 6.35. The van der Waals surface area contributed by atoms with Gasteiger partial charge in [-0.05, 0) is 36.4 Å². The Labute approximate surface area is 125 Å². The van der Waals surface area contributed by atoms with Crippen molar-refractivity contribution in [1.29, 1.82) is 5.26 Å². The summed E-state index contributed by atoms with van der Waals surface area (Å²) in [5, 5.41) is 21.6. The van der Waals surface area contributed by atoms with Gasteiger partial charge in [-0.25, -0.2) is 4.79 Å². The van der Waals surface area contributed by atoms with Gasteiger partial charge in [0.05, 0.1) is 17.2 Å². The third kappa shape index (κ3) is 2.55. The summed E-state index contributed by atoms with van der Waals surface area (Å²) >= 11 is 0. The molecular weight excluding hydrogens is 282 g/mol. The number of hydrogen-bond donors (Lipinski definition) is 1. The number of nitriles is 1. The number of hydrogen-bond acceptors (Lipinski definition) is 5. The lowest BCUT2D eigenvalue weighted by molar-refractivity contribution is 0.0697. The van der Waals surface area contributed by atoms with Crippen LogP contribution in [0.25, 0.3) is 22.8 Å². The van der Waals surface area contributed by atoms with Gasteiger partial charge in [0.15, 0.2) is 0 Å². The molecule has 22 heavy (non-hydrogen) atoms. The van der Waals surface area contributed by atoms with Crippen LogP contribution in [0.1, 0.15) is 15.9 Å². The Hall–Kier alpha value is -3.46. The van der Waals surface area contributed by atoms with Gasteiger partial charge in [-0.3, -0.25) is 0 Å². The number of carboxylic acids is 1. The summed E-state index contributed by atoms with van der Waals surface area (Å²) in [6.45, 7) is 0. The molecule has 6 nitrogen and oxygen atoms in total. The first-order chi connectivity index (χ1) is 10.7. The van der Waals surface area contributed by atoms with Crippen molar-refractivity contribution in [1.82, 2.24) is 10.1 Å². The SMILES string of the molecule is N#Cc1ccc(-c2nc(-c3cccc(C(=O)O)c3)no2)cc1. The number of carbonyl (C=O) groups is 1. The topological polar surface area (TPSA) is 100 Å². The van der Waals surface area contributed by atoms with Gasteiger partial charge in [0.1, 0.15) is 0 Å². The standard InChI is InChI=1S/C16H9N3O3/c17-9-10-4-6-11(7-5-10)15-18-14(19-22-15)12-2-1-3-13(8-12)16(20)21/h1-8H,(H,20,21). The van der Waals surface area contributed by atoms with E-state index < -0.39 is 5.97 Å². The highest BCUT2D eigenvalue weighted by Crippen LogP contribution is 2.23. The normalized spacial score (nSPS) is 10.1. The summed E-state index contributed by atoms with van der Waals surface area (Å²) in [5.74, 6) is -0.402. The second kappa shape index (κ2) is 5.50. The van der Waals surface area contributed by atoms with Crippen molar-refractivity contribution in [3.63, 3.8) is 0 Å². The molecule has 106 valence electrons. The number of rotatable bonds is 3. The molecule has 3 aromatic rings. The molecule has 0 aliphatic carbocycles. The molecule has 0 radical (unpaired) electrons. The molecule has 3 rings (SSSR count). The molecule has 0 amide bonds. The van der Waals surface area contributed by atoms with Crippen molar-refractivity contribution in [3.05, 3.63) is 59.7 Å². The summed E-state index contributed by atoms with van der Waals surface area (Å²) in [6, 6.07) is 15.1. The van der Waals surface area contributed by atoms with Crippen LogP contribution >= 0.6 is 0 Å². The smallest absolute Gasteiger partial charge is 0.335 e. The minimum Gasteiger partial charge on any atom is -0.478 e. The average molecular weight is 291 g/mol. The molecule has 2 aromatic carbocycles. The highest BCUT2D eigenvalue weighted by molar-refractivity contribution is 5.89. The van der Waals surface area contributed by atoms with Crippen LogP contribution in [0.4, 0.5) is 0 Å². The van der Waals surface area contributed by atoms with Crippen molar-refractivity contribution in [2.45, 2.75) is 0 Å². The number of benzene rings is 2. The fourth-order valence-electron chi connectivity index (χ4n) is 1.94. The van der Waals surface area contributed by atoms with E-state index in [2.05, 4.69) is 10.1 Å². The van der Waals surface area contributed by atoms with Gasteiger partial charge < -0.3 is 9.63 Å². The summed E-state index contributed by atoms with van der Waals surface area (Å²) in [7, 11) is 0. The Bertz CT molecular complexity index is 876. The first kappa shape index (κ1) is 13.5. The Kier molecular flexibility index (Phi) is 3.38. The molecule has 0 spiro atoms. The van der Waals surface area contributed by atoms with Gasteiger partial charge in [-0.2, -0.15) is 10.2 Å². The Morgan fingerprint density at radius 1 is 1.14 bits per heavy atom. The van der Waals surface area contributed by atoms with E-state index in [9.17, 15) is 4.79 Å². The Morgan fingerprint density at radius 2 is 1.91 bits per heavy atom. The monoisotopic (exact) mass is 291 g/mol. The van der Waals surface area contributed by atoms with E-state index >= 15 is 0 Å². The van der Waals surface area contributed by atoms with Crippen LogP contribution in [-0.4, -0.2) is 21.2 Å². The first-order valence-corrected chi connectivity index (χ1v) is 6.35. The molecule has 0 aliphatic heterocycles. The Balaban J connectivity index is 1.95. The quantitative estimate of drug-likeness (QED) is 0.796. The lowest BCUT2D eigenvalue weighted by atomic mass is 10.1. The summed E-state index contributed by atoms with van der Waals surface area (Å²) < 4.78 is 5.19. The van der Waals surface area contributed by atoms with Crippen LogP contribution in [0.5, 0.6) is 0 Å². The Morgan fingerprint density at radius 3 is 2.59 bits per heavy atom. The minimum absolute atomic E-state index is 0.155. The van der Waals surface area contributed by atoms with E-state index in [-0.39, 0.29) is 5.56 Å². The van der Waals surface area contributed by atoms with E-state index in [0.29, 0.717) is 28.4 Å². The molecule has 0 saturated heterocycles. The number of carboxylic acid groups (broad SMARTS) is 1. The van der Waals surface area contributed by atoms with Crippen molar-refractivity contribution >= 4 is 5.97 Å².